The van der Waals surface area contributed by atoms with E-state index in [0.29, 0.717) is 24.6 Å². The lowest BCUT2D eigenvalue weighted by molar-refractivity contribution is 0.0955. The van der Waals surface area contributed by atoms with E-state index in [0.717, 1.165) is 15.9 Å². The lowest BCUT2D eigenvalue weighted by atomic mass is 10.0. The molecule has 124 valence electrons. The quantitative estimate of drug-likeness (QED) is 0.660. The predicted octanol–water partition coefficient (Wildman–Crippen LogP) is 4.26. The summed E-state index contributed by atoms with van der Waals surface area (Å²) < 4.78 is 5.58. The second-order valence-electron chi connectivity index (χ2n) is 5.99. The van der Waals surface area contributed by atoms with Crippen LogP contribution in [0.2, 0.25) is 0 Å². The van der Waals surface area contributed by atoms with E-state index in [-0.39, 0.29) is 5.91 Å². The van der Waals surface area contributed by atoms with Crippen molar-refractivity contribution in [3.63, 3.8) is 0 Å². The zero-order valence-corrected chi connectivity index (χ0v) is 14.7. The summed E-state index contributed by atoms with van der Waals surface area (Å²) in [5.74, 6) is 1.31. The third-order valence-electron chi connectivity index (χ3n) is 3.92. The maximum absolute atomic E-state index is 12.1. The monoisotopic (exact) mass is 339 g/mol. The van der Waals surface area contributed by atoms with E-state index in [9.17, 15) is 4.79 Å². The summed E-state index contributed by atoms with van der Waals surface area (Å²) in [7, 11) is 0. The second-order valence-corrected chi connectivity index (χ2v) is 6.79. The molecule has 3 rings (SSSR count). The van der Waals surface area contributed by atoms with Gasteiger partial charge in [0.25, 0.3) is 5.91 Å². The van der Waals surface area contributed by atoms with Gasteiger partial charge < -0.3 is 10.6 Å². The Bertz CT molecular complexity index is 824. The summed E-state index contributed by atoms with van der Waals surface area (Å²) in [5.41, 5.74) is 1.93. The molecule has 1 aromatic heterocycles. The molecule has 3 aromatic rings. The summed E-state index contributed by atoms with van der Waals surface area (Å²) in [6, 6.07) is 15.9. The normalized spacial score (nSPS) is 11.0. The van der Waals surface area contributed by atoms with Gasteiger partial charge in [0.05, 0.1) is 4.70 Å². The van der Waals surface area contributed by atoms with Crippen molar-refractivity contribution in [2.75, 3.05) is 18.4 Å². The molecule has 0 bridgehead atoms. The lowest BCUT2D eigenvalue weighted by Gasteiger charge is -2.08. The Balaban J connectivity index is 1.50. The number of rotatable bonds is 6. The van der Waals surface area contributed by atoms with Crippen LogP contribution in [-0.2, 0) is 0 Å². The Hall–Kier alpha value is -2.40. The fourth-order valence-electron chi connectivity index (χ4n) is 2.49. The number of fused-ring (bicyclic) bond motifs is 1. The molecule has 0 fully saturated rings. The van der Waals surface area contributed by atoms with Gasteiger partial charge in [-0.2, -0.15) is 4.37 Å². The van der Waals surface area contributed by atoms with Crippen molar-refractivity contribution >= 4 is 33.3 Å². The molecule has 0 atom stereocenters. The van der Waals surface area contributed by atoms with Crippen LogP contribution in [-0.4, -0.2) is 23.4 Å². The maximum Gasteiger partial charge on any atom is 0.251 e. The van der Waals surface area contributed by atoms with Crippen LogP contribution in [0.15, 0.2) is 48.5 Å². The molecule has 2 aromatic carbocycles. The van der Waals surface area contributed by atoms with Crippen LogP contribution in [0, 0.1) is 0 Å². The van der Waals surface area contributed by atoms with Crippen LogP contribution in [0.4, 0.5) is 5.82 Å². The molecule has 0 radical (unpaired) electrons. The zero-order chi connectivity index (χ0) is 16.9. The average Bonchev–Trinajstić information content (AvgIpc) is 3.02. The van der Waals surface area contributed by atoms with Gasteiger partial charge in [-0.1, -0.05) is 38.1 Å². The van der Waals surface area contributed by atoms with Crippen LogP contribution < -0.4 is 10.6 Å². The Kier molecular flexibility index (Phi) is 5.11. The average molecular weight is 339 g/mol. The lowest BCUT2D eigenvalue weighted by Crippen LogP contribution is -2.28. The molecule has 0 unspecified atom stereocenters. The predicted molar refractivity (Wildman–Crippen MR) is 101 cm³/mol. The number of benzene rings is 2. The molecule has 0 aliphatic heterocycles. The van der Waals surface area contributed by atoms with Gasteiger partial charge in [-0.25, -0.2) is 0 Å². The first-order valence-electron chi connectivity index (χ1n) is 8.11. The van der Waals surface area contributed by atoms with E-state index < -0.39 is 0 Å². The number of nitrogens with zero attached hydrogens (tertiary/aromatic N) is 1. The maximum atomic E-state index is 12.1. The van der Waals surface area contributed by atoms with E-state index >= 15 is 0 Å². The Labute approximate surface area is 146 Å². The van der Waals surface area contributed by atoms with Crippen LogP contribution in [0.25, 0.3) is 10.1 Å². The number of hydrogen-bond acceptors (Lipinski definition) is 4. The van der Waals surface area contributed by atoms with Gasteiger partial charge in [0.1, 0.15) is 5.82 Å². The number of carbonyl (C=O) groups is 1. The van der Waals surface area contributed by atoms with Gasteiger partial charge in [-0.3, -0.25) is 4.79 Å². The van der Waals surface area contributed by atoms with Crippen LogP contribution in [0.5, 0.6) is 0 Å². The molecule has 0 aliphatic carbocycles. The van der Waals surface area contributed by atoms with E-state index in [2.05, 4.69) is 41.0 Å². The number of aromatic nitrogens is 1. The van der Waals surface area contributed by atoms with Gasteiger partial charge in [0.2, 0.25) is 0 Å². The van der Waals surface area contributed by atoms with E-state index in [1.54, 1.807) is 0 Å². The summed E-state index contributed by atoms with van der Waals surface area (Å²) in [5, 5.41) is 7.34. The molecule has 0 aliphatic rings. The first kappa shape index (κ1) is 16.5. The van der Waals surface area contributed by atoms with Crippen molar-refractivity contribution in [2.24, 2.45) is 0 Å². The first-order valence-corrected chi connectivity index (χ1v) is 8.89. The van der Waals surface area contributed by atoms with Crippen molar-refractivity contribution < 1.29 is 4.79 Å². The standard InChI is InChI=1S/C19H21N3OS/c1-13(2)14-7-9-15(10-8-14)19(23)21-12-11-20-18-16-5-3-4-6-17(16)24-22-18/h3-10,13H,11-12H2,1-2H3,(H,20,22)(H,21,23). The molecule has 1 amide bonds. The van der Waals surface area contributed by atoms with Crippen molar-refractivity contribution in [1.29, 1.82) is 0 Å². The Morgan fingerprint density at radius 1 is 1.08 bits per heavy atom. The number of nitrogens with one attached hydrogen (secondary N) is 2. The summed E-state index contributed by atoms with van der Waals surface area (Å²) in [4.78, 5) is 12.1. The smallest absolute Gasteiger partial charge is 0.251 e. The molecule has 0 spiro atoms. The van der Waals surface area contributed by atoms with E-state index in [1.165, 1.54) is 17.1 Å². The van der Waals surface area contributed by atoms with E-state index in [4.69, 9.17) is 0 Å². The SMILES string of the molecule is CC(C)c1ccc(C(=O)NCCNc2nsc3ccccc23)cc1. The van der Waals surface area contributed by atoms with E-state index in [1.807, 2.05) is 36.4 Å². The topological polar surface area (TPSA) is 54.0 Å². The summed E-state index contributed by atoms with van der Waals surface area (Å²) >= 11 is 1.48. The second kappa shape index (κ2) is 7.45. The van der Waals surface area contributed by atoms with Crippen molar-refractivity contribution in [2.45, 2.75) is 19.8 Å². The molecule has 24 heavy (non-hydrogen) atoms. The summed E-state index contributed by atoms with van der Waals surface area (Å²) in [6.07, 6.45) is 0. The van der Waals surface area contributed by atoms with Gasteiger partial charge in [0.15, 0.2) is 0 Å². The molecule has 0 saturated carbocycles. The molecule has 1 heterocycles. The van der Waals surface area contributed by atoms with Gasteiger partial charge in [0, 0.05) is 24.0 Å². The highest BCUT2D eigenvalue weighted by Crippen LogP contribution is 2.25. The minimum Gasteiger partial charge on any atom is -0.367 e. The Morgan fingerprint density at radius 2 is 1.83 bits per heavy atom. The van der Waals surface area contributed by atoms with Crippen LogP contribution in [0.1, 0.15) is 35.7 Å². The fourth-order valence-corrected chi connectivity index (χ4v) is 3.25. The van der Waals surface area contributed by atoms with Crippen LogP contribution >= 0.6 is 11.5 Å². The highest BCUT2D eigenvalue weighted by molar-refractivity contribution is 7.13. The number of anilines is 1. The third-order valence-corrected chi connectivity index (χ3v) is 4.75. The third kappa shape index (κ3) is 3.74. The molecule has 4 nitrogen and oxygen atoms in total. The van der Waals surface area contributed by atoms with Gasteiger partial charge in [-0.15, -0.1) is 0 Å². The van der Waals surface area contributed by atoms with Gasteiger partial charge in [-0.05, 0) is 47.3 Å². The number of carbonyl (C=O) groups excluding carboxylic acids is 1. The first-order chi connectivity index (χ1) is 11.6. The summed E-state index contributed by atoms with van der Waals surface area (Å²) in [6.45, 7) is 5.48. The highest BCUT2D eigenvalue weighted by atomic mass is 32.1. The minimum absolute atomic E-state index is 0.0461. The fraction of sp³-hybridized carbons (Fsp3) is 0.263. The molecular weight excluding hydrogens is 318 g/mol. The number of hydrogen-bond donors (Lipinski definition) is 2. The minimum atomic E-state index is -0.0461. The largest absolute Gasteiger partial charge is 0.367 e. The molecule has 5 heteroatoms. The Morgan fingerprint density at radius 3 is 2.58 bits per heavy atom. The highest BCUT2D eigenvalue weighted by Gasteiger charge is 2.07. The molecular formula is C19H21N3OS. The number of amides is 1. The zero-order valence-electron chi connectivity index (χ0n) is 13.9. The van der Waals surface area contributed by atoms with Crippen molar-refractivity contribution in [1.82, 2.24) is 9.69 Å². The molecule has 0 saturated heterocycles. The van der Waals surface area contributed by atoms with Crippen LogP contribution in [0.3, 0.4) is 0 Å². The molecule has 2 N–H and O–H groups in total. The van der Waals surface area contributed by atoms with Gasteiger partial charge >= 0.3 is 0 Å². The van der Waals surface area contributed by atoms with Crippen molar-refractivity contribution in [3.05, 3.63) is 59.7 Å². The van der Waals surface area contributed by atoms with Crippen molar-refractivity contribution in [3.8, 4) is 0 Å².